The van der Waals surface area contributed by atoms with E-state index in [1.165, 1.54) is 12.1 Å². The molecule has 1 N–H and O–H groups in total. The van der Waals surface area contributed by atoms with Gasteiger partial charge >= 0.3 is 0 Å². The maximum Gasteiger partial charge on any atom is 0.254 e. The zero-order chi connectivity index (χ0) is 13.7. The minimum absolute atomic E-state index is 0.288. The van der Waals surface area contributed by atoms with Gasteiger partial charge in [0.2, 0.25) is 6.23 Å². The number of hydrogen-bond donors (Lipinski definition) is 1. The molecule has 1 aromatic carbocycles. The molecule has 1 aromatic rings. The number of benzene rings is 1. The minimum atomic E-state index is -0.985. The molecule has 0 aromatic heterocycles. The normalized spacial score (nSPS) is 11.7. The van der Waals surface area contributed by atoms with Crippen molar-refractivity contribution >= 4 is 29.1 Å². The molecule has 1 rings (SSSR count). The Labute approximate surface area is 115 Å². The van der Waals surface area contributed by atoms with Crippen LogP contribution in [0, 0.1) is 18.3 Å². The van der Waals surface area contributed by atoms with Crippen molar-refractivity contribution in [1.29, 1.82) is 5.26 Å². The van der Waals surface area contributed by atoms with Gasteiger partial charge in [-0.15, -0.1) is 0 Å². The summed E-state index contributed by atoms with van der Waals surface area (Å²) < 4.78 is 5.01. The summed E-state index contributed by atoms with van der Waals surface area (Å²) in [7, 11) is 0. The molecule has 0 spiro atoms. The number of nitrogens with one attached hydrogen (secondary N) is 1. The molecular formula is C12H12Cl2N2O2. The van der Waals surface area contributed by atoms with E-state index in [9.17, 15) is 4.79 Å². The Morgan fingerprint density at radius 3 is 2.50 bits per heavy atom. The topological polar surface area (TPSA) is 62.1 Å². The van der Waals surface area contributed by atoms with Crippen molar-refractivity contribution in [2.24, 2.45) is 0 Å². The number of hydrogen-bond acceptors (Lipinski definition) is 3. The predicted octanol–water partition coefficient (Wildman–Crippen LogP) is 2.92. The highest BCUT2D eigenvalue weighted by atomic mass is 35.5. The highest BCUT2D eigenvalue weighted by Gasteiger charge is 2.15. The number of carbonyl (C=O) groups is 1. The molecule has 96 valence electrons. The molecule has 0 saturated heterocycles. The van der Waals surface area contributed by atoms with E-state index in [2.05, 4.69) is 5.32 Å². The van der Waals surface area contributed by atoms with E-state index in [1.54, 1.807) is 13.8 Å². The Bertz CT molecular complexity index is 474. The fourth-order valence-corrected chi connectivity index (χ4v) is 1.74. The smallest absolute Gasteiger partial charge is 0.254 e. The lowest BCUT2D eigenvalue weighted by Crippen LogP contribution is -2.35. The monoisotopic (exact) mass is 286 g/mol. The number of nitriles is 1. The van der Waals surface area contributed by atoms with E-state index in [-0.39, 0.29) is 5.56 Å². The lowest BCUT2D eigenvalue weighted by molar-refractivity contribution is 0.0615. The molecule has 1 amide bonds. The summed E-state index contributed by atoms with van der Waals surface area (Å²) >= 11 is 11.9. The number of halogens is 2. The van der Waals surface area contributed by atoms with Crippen LogP contribution in [0.25, 0.3) is 0 Å². The van der Waals surface area contributed by atoms with Gasteiger partial charge in [-0.3, -0.25) is 4.79 Å². The first-order chi connectivity index (χ1) is 8.49. The second-order valence-electron chi connectivity index (χ2n) is 3.50. The van der Waals surface area contributed by atoms with Crippen LogP contribution in [0.3, 0.4) is 0 Å². The molecule has 0 aliphatic heterocycles. The van der Waals surface area contributed by atoms with Crippen LogP contribution in [0.5, 0.6) is 0 Å². The fourth-order valence-electron chi connectivity index (χ4n) is 1.26. The van der Waals surface area contributed by atoms with E-state index in [0.29, 0.717) is 22.2 Å². The quantitative estimate of drug-likeness (QED) is 0.866. The molecule has 4 nitrogen and oxygen atoms in total. The van der Waals surface area contributed by atoms with Crippen LogP contribution >= 0.6 is 23.2 Å². The van der Waals surface area contributed by atoms with E-state index in [4.69, 9.17) is 33.2 Å². The highest BCUT2D eigenvalue weighted by Crippen LogP contribution is 2.25. The summed E-state index contributed by atoms with van der Waals surface area (Å²) in [5, 5.41) is 12.0. The van der Waals surface area contributed by atoms with Crippen molar-refractivity contribution in [2.75, 3.05) is 6.61 Å². The Morgan fingerprint density at radius 1 is 1.50 bits per heavy atom. The van der Waals surface area contributed by atoms with E-state index in [1.807, 2.05) is 6.07 Å². The van der Waals surface area contributed by atoms with Gasteiger partial charge in [0.05, 0.1) is 0 Å². The fraction of sp³-hybridized carbons (Fsp3) is 0.333. The summed E-state index contributed by atoms with van der Waals surface area (Å²) in [6, 6.07) is 4.82. The number of ether oxygens (including phenoxy) is 1. The first-order valence-electron chi connectivity index (χ1n) is 5.27. The minimum Gasteiger partial charge on any atom is -0.346 e. The second-order valence-corrected chi connectivity index (χ2v) is 4.32. The molecule has 0 radical (unpaired) electrons. The van der Waals surface area contributed by atoms with Gasteiger partial charge in [0.15, 0.2) is 0 Å². The number of rotatable bonds is 4. The van der Waals surface area contributed by atoms with Gasteiger partial charge in [-0.05, 0) is 31.5 Å². The van der Waals surface area contributed by atoms with Gasteiger partial charge in [-0.2, -0.15) is 5.26 Å². The average molecular weight is 287 g/mol. The van der Waals surface area contributed by atoms with Gasteiger partial charge in [0.1, 0.15) is 6.07 Å². The molecule has 0 bridgehead atoms. The first-order valence-corrected chi connectivity index (χ1v) is 6.03. The summed E-state index contributed by atoms with van der Waals surface area (Å²) in [4.78, 5) is 11.8. The molecule has 0 fully saturated rings. The van der Waals surface area contributed by atoms with Crippen LogP contribution in [0.1, 0.15) is 22.8 Å². The molecule has 1 atom stereocenters. The van der Waals surface area contributed by atoms with Gasteiger partial charge in [0, 0.05) is 22.2 Å². The Kier molecular flexibility index (Phi) is 5.42. The SMILES string of the molecule is CCOC(C#N)NC(=O)c1cc(Cl)c(C)c(Cl)c1. The van der Waals surface area contributed by atoms with Gasteiger partial charge in [0.25, 0.3) is 5.91 Å². The summed E-state index contributed by atoms with van der Waals surface area (Å²) in [5.74, 6) is -0.459. The molecule has 1 unspecified atom stereocenters. The third kappa shape index (κ3) is 3.61. The van der Waals surface area contributed by atoms with E-state index < -0.39 is 12.1 Å². The maximum absolute atomic E-state index is 11.8. The summed E-state index contributed by atoms with van der Waals surface area (Å²) in [5.41, 5.74) is 0.993. The van der Waals surface area contributed by atoms with Crippen molar-refractivity contribution in [3.05, 3.63) is 33.3 Å². The largest absolute Gasteiger partial charge is 0.346 e. The third-order valence-corrected chi connectivity index (χ3v) is 3.04. The van der Waals surface area contributed by atoms with Crippen molar-refractivity contribution in [3.8, 4) is 6.07 Å². The standard InChI is InChI=1S/C12H12Cl2N2O2/c1-3-18-11(6-15)16-12(17)8-4-9(13)7(2)10(14)5-8/h4-5,11H,3H2,1-2H3,(H,16,17). The lowest BCUT2D eigenvalue weighted by Gasteiger charge is -2.12. The Balaban J connectivity index is 2.88. The average Bonchev–Trinajstić information content (AvgIpc) is 2.34. The second kappa shape index (κ2) is 6.60. The third-order valence-electron chi connectivity index (χ3n) is 2.26. The van der Waals surface area contributed by atoms with Gasteiger partial charge < -0.3 is 10.1 Å². The maximum atomic E-state index is 11.8. The predicted molar refractivity (Wildman–Crippen MR) is 69.7 cm³/mol. The molecule has 6 heteroatoms. The van der Waals surface area contributed by atoms with Crippen LogP contribution in [0.15, 0.2) is 12.1 Å². The van der Waals surface area contributed by atoms with Crippen LogP contribution in [-0.4, -0.2) is 18.7 Å². The van der Waals surface area contributed by atoms with Crippen LogP contribution < -0.4 is 5.32 Å². The van der Waals surface area contributed by atoms with E-state index >= 15 is 0 Å². The summed E-state index contributed by atoms with van der Waals surface area (Å²) in [6.45, 7) is 3.81. The molecule has 0 aliphatic rings. The van der Waals surface area contributed by atoms with Crippen LogP contribution in [-0.2, 0) is 4.74 Å². The molecular weight excluding hydrogens is 275 g/mol. The zero-order valence-corrected chi connectivity index (χ0v) is 11.5. The van der Waals surface area contributed by atoms with Gasteiger partial charge in [-0.1, -0.05) is 23.2 Å². The van der Waals surface area contributed by atoms with Crippen molar-refractivity contribution < 1.29 is 9.53 Å². The van der Waals surface area contributed by atoms with Crippen LogP contribution in [0.2, 0.25) is 10.0 Å². The van der Waals surface area contributed by atoms with Crippen molar-refractivity contribution in [2.45, 2.75) is 20.1 Å². The Morgan fingerprint density at radius 2 is 2.06 bits per heavy atom. The van der Waals surface area contributed by atoms with Crippen molar-refractivity contribution in [1.82, 2.24) is 5.32 Å². The first kappa shape index (κ1) is 14.8. The zero-order valence-electron chi connectivity index (χ0n) is 9.96. The Hall–Kier alpha value is -1.28. The molecule has 0 saturated carbocycles. The molecule has 0 heterocycles. The number of amides is 1. The van der Waals surface area contributed by atoms with Gasteiger partial charge in [-0.25, -0.2) is 0 Å². The lowest BCUT2D eigenvalue weighted by atomic mass is 10.1. The number of nitrogens with zero attached hydrogens (tertiary/aromatic N) is 1. The highest BCUT2D eigenvalue weighted by molar-refractivity contribution is 6.36. The van der Waals surface area contributed by atoms with Crippen LogP contribution in [0.4, 0.5) is 0 Å². The van der Waals surface area contributed by atoms with Crippen molar-refractivity contribution in [3.63, 3.8) is 0 Å². The molecule has 18 heavy (non-hydrogen) atoms. The summed E-state index contributed by atoms with van der Waals surface area (Å²) in [6.07, 6.45) is -0.985. The number of carbonyl (C=O) groups excluding carboxylic acids is 1. The van der Waals surface area contributed by atoms with E-state index in [0.717, 1.165) is 0 Å². The molecule has 0 aliphatic carbocycles.